The molecule has 0 saturated carbocycles. The fourth-order valence-corrected chi connectivity index (χ4v) is 2.78. The fraction of sp³-hybridized carbons (Fsp3) is 0.538. The van der Waals surface area contributed by atoms with Crippen LogP contribution < -0.4 is 0 Å². The molecular weight excluding hydrogens is 285 g/mol. The number of hydrogen-bond donors (Lipinski definition) is 0. The van der Waals surface area contributed by atoms with Crippen LogP contribution in [0.2, 0.25) is 0 Å². The third kappa shape index (κ3) is 3.76. The van der Waals surface area contributed by atoms with Crippen molar-refractivity contribution in [1.29, 1.82) is 0 Å². The molecule has 1 fully saturated rings. The average molecular weight is 302 g/mol. The Morgan fingerprint density at radius 2 is 2.06 bits per heavy atom. The minimum absolute atomic E-state index is 0.179. The molecule has 17 heavy (non-hydrogen) atoms. The molecule has 1 saturated heterocycles. The van der Waals surface area contributed by atoms with Crippen LogP contribution in [0, 0.1) is 5.82 Å². The van der Waals surface area contributed by atoms with Gasteiger partial charge in [-0.05, 0) is 36.6 Å². The molecule has 0 N–H and O–H groups in total. The maximum atomic E-state index is 13.2. The Kier molecular flexibility index (Phi) is 4.54. The van der Waals surface area contributed by atoms with Gasteiger partial charge in [-0.3, -0.25) is 4.90 Å². The van der Waals surface area contributed by atoms with E-state index in [9.17, 15) is 4.39 Å². The van der Waals surface area contributed by atoms with Gasteiger partial charge in [0.05, 0.1) is 6.10 Å². The first kappa shape index (κ1) is 13.0. The van der Waals surface area contributed by atoms with Crippen molar-refractivity contribution in [2.24, 2.45) is 0 Å². The number of nitrogens with zero attached hydrogens (tertiary/aromatic N) is 1. The summed E-state index contributed by atoms with van der Waals surface area (Å²) in [6, 6.07) is 5.07. The topological polar surface area (TPSA) is 12.5 Å². The molecule has 0 radical (unpaired) electrons. The van der Waals surface area contributed by atoms with Crippen LogP contribution in [0.5, 0.6) is 0 Å². The van der Waals surface area contributed by atoms with Crippen LogP contribution in [0.3, 0.4) is 0 Å². The van der Waals surface area contributed by atoms with Gasteiger partial charge in [0.25, 0.3) is 0 Å². The monoisotopic (exact) mass is 301 g/mol. The van der Waals surface area contributed by atoms with E-state index in [1.165, 1.54) is 6.07 Å². The van der Waals surface area contributed by atoms with E-state index in [1.54, 1.807) is 13.2 Å². The predicted octanol–water partition coefficient (Wildman–Crippen LogP) is 3.20. The number of ether oxygens (including phenoxy) is 1. The highest BCUT2D eigenvalue weighted by Gasteiger charge is 2.18. The second-order valence-electron chi connectivity index (χ2n) is 4.49. The lowest BCUT2D eigenvalue weighted by Crippen LogP contribution is -2.36. The average Bonchev–Trinajstić information content (AvgIpc) is 2.28. The summed E-state index contributed by atoms with van der Waals surface area (Å²) in [6.45, 7) is 2.85. The lowest BCUT2D eigenvalue weighted by Gasteiger charge is -2.31. The summed E-state index contributed by atoms with van der Waals surface area (Å²) >= 11 is 3.32. The molecular formula is C13H17BrFNO. The Morgan fingerprint density at radius 3 is 2.65 bits per heavy atom. The van der Waals surface area contributed by atoms with Crippen LogP contribution >= 0.6 is 15.9 Å². The Labute approximate surface area is 110 Å². The summed E-state index contributed by atoms with van der Waals surface area (Å²) in [6.07, 6.45) is 2.52. The van der Waals surface area contributed by atoms with Gasteiger partial charge in [0.15, 0.2) is 0 Å². The van der Waals surface area contributed by atoms with Crippen molar-refractivity contribution in [3.8, 4) is 0 Å². The van der Waals surface area contributed by atoms with Gasteiger partial charge in [-0.15, -0.1) is 0 Å². The minimum Gasteiger partial charge on any atom is -0.381 e. The van der Waals surface area contributed by atoms with Crippen molar-refractivity contribution >= 4 is 15.9 Å². The zero-order chi connectivity index (χ0) is 12.3. The van der Waals surface area contributed by atoms with Crippen LogP contribution in [-0.2, 0) is 11.3 Å². The molecule has 0 amide bonds. The van der Waals surface area contributed by atoms with Crippen LogP contribution in [0.1, 0.15) is 18.4 Å². The number of piperidine rings is 1. The standard InChI is InChI=1S/C13H17BrFNO/c1-17-13-2-4-16(5-3-13)9-10-6-11(14)8-12(15)7-10/h6-8,13H,2-5,9H2,1H3. The molecule has 0 aliphatic carbocycles. The van der Waals surface area contributed by atoms with Crippen LogP contribution in [-0.4, -0.2) is 31.2 Å². The van der Waals surface area contributed by atoms with Crippen molar-refractivity contribution in [2.75, 3.05) is 20.2 Å². The Hall–Kier alpha value is -0.450. The van der Waals surface area contributed by atoms with E-state index in [0.717, 1.165) is 42.5 Å². The highest BCUT2D eigenvalue weighted by molar-refractivity contribution is 9.10. The van der Waals surface area contributed by atoms with E-state index in [2.05, 4.69) is 20.8 Å². The number of rotatable bonds is 3. The molecule has 1 aliphatic rings. The molecule has 1 aliphatic heterocycles. The number of halogens is 2. The zero-order valence-electron chi connectivity index (χ0n) is 9.96. The molecule has 0 bridgehead atoms. The number of methoxy groups -OCH3 is 1. The van der Waals surface area contributed by atoms with Crippen molar-refractivity contribution in [3.63, 3.8) is 0 Å². The summed E-state index contributed by atoms with van der Waals surface area (Å²) < 4.78 is 19.4. The molecule has 1 heterocycles. The van der Waals surface area contributed by atoms with Crippen LogP contribution in [0.15, 0.2) is 22.7 Å². The normalized spacial score (nSPS) is 18.5. The molecule has 2 nitrogen and oxygen atoms in total. The van der Waals surface area contributed by atoms with E-state index < -0.39 is 0 Å². The molecule has 0 aromatic heterocycles. The first-order valence-electron chi connectivity index (χ1n) is 5.87. The second kappa shape index (κ2) is 5.94. The van der Waals surface area contributed by atoms with E-state index in [-0.39, 0.29) is 5.82 Å². The molecule has 1 aromatic carbocycles. The van der Waals surface area contributed by atoms with Crippen molar-refractivity contribution in [3.05, 3.63) is 34.1 Å². The molecule has 4 heteroatoms. The number of benzene rings is 1. The Morgan fingerprint density at radius 1 is 1.35 bits per heavy atom. The summed E-state index contributed by atoms with van der Waals surface area (Å²) in [5.41, 5.74) is 1.02. The van der Waals surface area contributed by atoms with Crippen molar-refractivity contribution in [2.45, 2.75) is 25.5 Å². The SMILES string of the molecule is COC1CCN(Cc2cc(F)cc(Br)c2)CC1. The summed E-state index contributed by atoms with van der Waals surface area (Å²) in [5.74, 6) is -0.179. The van der Waals surface area contributed by atoms with Crippen LogP contribution in [0.25, 0.3) is 0 Å². The van der Waals surface area contributed by atoms with E-state index in [4.69, 9.17) is 4.74 Å². The molecule has 2 rings (SSSR count). The molecule has 0 spiro atoms. The smallest absolute Gasteiger partial charge is 0.124 e. The summed E-state index contributed by atoms with van der Waals surface area (Å²) in [7, 11) is 1.77. The van der Waals surface area contributed by atoms with Gasteiger partial charge in [-0.1, -0.05) is 15.9 Å². The highest BCUT2D eigenvalue weighted by atomic mass is 79.9. The van der Waals surface area contributed by atoms with Gasteiger partial charge in [-0.25, -0.2) is 4.39 Å². The van der Waals surface area contributed by atoms with E-state index in [0.29, 0.717) is 6.10 Å². The summed E-state index contributed by atoms with van der Waals surface area (Å²) in [4.78, 5) is 2.34. The fourth-order valence-electron chi connectivity index (χ4n) is 2.26. The molecule has 94 valence electrons. The summed E-state index contributed by atoms with van der Waals surface area (Å²) in [5, 5.41) is 0. The van der Waals surface area contributed by atoms with Gasteiger partial charge in [-0.2, -0.15) is 0 Å². The largest absolute Gasteiger partial charge is 0.381 e. The van der Waals surface area contributed by atoms with Crippen molar-refractivity contribution in [1.82, 2.24) is 4.90 Å². The number of hydrogen-bond acceptors (Lipinski definition) is 2. The lowest BCUT2D eigenvalue weighted by molar-refractivity contribution is 0.0388. The predicted molar refractivity (Wildman–Crippen MR) is 69.4 cm³/mol. The van der Waals surface area contributed by atoms with Gasteiger partial charge in [0.2, 0.25) is 0 Å². The van der Waals surface area contributed by atoms with Crippen LogP contribution in [0.4, 0.5) is 4.39 Å². The first-order valence-corrected chi connectivity index (χ1v) is 6.67. The number of likely N-dealkylation sites (tertiary alicyclic amines) is 1. The third-order valence-electron chi connectivity index (χ3n) is 3.20. The molecule has 0 atom stereocenters. The Bertz CT molecular complexity index is 357. The maximum absolute atomic E-state index is 13.2. The highest BCUT2D eigenvalue weighted by Crippen LogP contribution is 2.19. The van der Waals surface area contributed by atoms with Crippen molar-refractivity contribution < 1.29 is 9.13 Å². The zero-order valence-corrected chi connectivity index (χ0v) is 11.5. The van der Waals surface area contributed by atoms with Gasteiger partial charge in [0, 0.05) is 31.2 Å². The van der Waals surface area contributed by atoms with Gasteiger partial charge >= 0.3 is 0 Å². The van der Waals surface area contributed by atoms with Gasteiger partial charge < -0.3 is 4.74 Å². The molecule has 0 unspecified atom stereocenters. The molecule has 1 aromatic rings. The van der Waals surface area contributed by atoms with E-state index in [1.807, 2.05) is 6.07 Å². The Balaban J connectivity index is 1.93. The lowest BCUT2D eigenvalue weighted by atomic mass is 10.1. The second-order valence-corrected chi connectivity index (χ2v) is 5.40. The van der Waals surface area contributed by atoms with E-state index >= 15 is 0 Å². The van der Waals surface area contributed by atoms with Gasteiger partial charge in [0.1, 0.15) is 5.82 Å². The third-order valence-corrected chi connectivity index (χ3v) is 3.65. The quantitative estimate of drug-likeness (QED) is 0.850. The minimum atomic E-state index is -0.179. The first-order chi connectivity index (χ1) is 8.17. The maximum Gasteiger partial charge on any atom is 0.124 e.